The Balaban J connectivity index is 0.00000338. The largest absolute Gasteiger partial charge is 0.435 e. The van der Waals surface area contributed by atoms with Gasteiger partial charge in [0.1, 0.15) is 5.75 Å². The predicted octanol–water partition coefficient (Wildman–Crippen LogP) is 3.68. The van der Waals surface area contributed by atoms with Gasteiger partial charge in [0.05, 0.1) is 12.6 Å². The second-order valence-electron chi connectivity index (χ2n) is 6.22. The van der Waals surface area contributed by atoms with Gasteiger partial charge in [-0.15, -0.1) is 24.0 Å². The Kier molecular flexibility index (Phi) is 10.1. The van der Waals surface area contributed by atoms with Gasteiger partial charge in [-0.3, -0.25) is 4.99 Å². The lowest BCUT2D eigenvalue weighted by Crippen LogP contribution is -2.39. The fraction of sp³-hybridized carbons (Fsp3) is 0.611. The first-order chi connectivity index (χ1) is 12.0. The molecule has 3 unspecified atom stereocenters. The first-order valence-corrected chi connectivity index (χ1v) is 8.81. The molecule has 1 fully saturated rings. The Morgan fingerprint density at radius 2 is 2.00 bits per heavy atom. The van der Waals surface area contributed by atoms with Gasteiger partial charge in [-0.25, -0.2) is 0 Å². The molecule has 0 amide bonds. The standard InChI is InChI=1S/C18H27F2N3O2.HI/c1-3-5-13-10-15(13)23-18(21-4-2)22-11-16(24)12-6-8-14(9-7-12)25-17(19)20;/h6-9,13,15-17,24H,3-5,10-11H2,1-2H3,(H2,21,22,23);1H. The molecule has 1 aromatic carbocycles. The highest BCUT2D eigenvalue weighted by molar-refractivity contribution is 14.0. The van der Waals surface area contributed by atoms with Gasteiger partial charge in [-0.05, 0) is 43.4 Å². The Morgan fingerprint density at radius 3 is 2.58 bits per heavy atom. The van der Waals surface area contributed by atoms with Crippen molar-refractivity contribution in [2.24, 2.45) is 10.9 Å². The maximum absolute atomic E-state index is 12.1. The zero-order valence-corrected chi connectivity index (χ0v) is 17.5. The molecule has 0 aromatic heterocycles. The number of aliphatic hydroxyl groups excluding tert-OH is 1. The summed E-state index contributed by atoms with van der Waals surface area (Å²) in [4.78, 5) is 4.43. The van der Waals surface area contributed by atoms with Crippen molar-refractivity contribution < 1.29 is 18.6 Å². The van der Waals surface area contributed by atoms with E-state index in [0.29, 0.717) is 23.5 Å². The molecule has 0 heterocycles. The number of benzene rings is 1. The molecule has 1 saturated carbocycles. The molecule has 0 radical (unpaired) electrons. The number of aliphatic hydroxyl groups is 1. The number of halogens is 3. The number of ether oxygens (including phenoxy) is 1. The third kappa shape index (κ3) is 7.61. The maximum atomic E-state index is 12.1. The lowest BCUT2D eigenvalue weighted by molar-refractivity contribution is -0.0498. The average Bonchev–Trinajstić information content (AvgIpc) is 3.30. The van der Waals surface area contributed by atoms with Gasteiger partial charge in [0.15, 0.2) is 5.96 Å². The first kappa shape index (κ1) is 22.9. The molecule has 148 valence electrons. The molecule has 0 aliphatic heterocycles. The van der Waals surface area contributed by atoms with Gasteiger partial charge in [0, 0.05) is 12.6 Å². The highest BCUT2D eigenvalue weighted by atomic mass is 127. The van der Waals surface area contributed by atoms with Gasteiger partial charge in [0.2, 0.25) is 0 Å². The van der Waals surface area contributed by atoms with E-state index < -0.39 is 12.7 Å². The Morgan fingerprint density at radius 1 is 1.31 bits per heavy atom. The molecular weight excluding hydrogens is 455 g/mol. The quantitative estimate of drug-likeness (QED) is 0.285. The van der Waals surface area contributed by atoms with E-state index in [1.165, 1.54) is 25.0 Å². The molecule has 2 rings (SSSR count). The molecular formula is C18H28F2IN3O2. The summed E-state index contributed by atoms with van der Waals surface area (Å²) >= 11 is 0. The zero-order valence-electron chi connectivity index (χ0n) is 15.1. The van der Waals surface area contributed by atoms with Crippen LogP contribution in [0.15, 0.2) is 29.3 Å². The Bertz CT molecular complexity index is 558. The fourth-order valence-corrected chi connectivity index (χ4v) is 2.76. The van der Waals surface area contributed by atoms with E-state index in [2.05, 4.69) is 27.3 Å². The van der Waals surface area contributed by atoms with Crippen molar-refractivity contribution in [1.82, 2.24) is 10.6 Å². The summed E-state index contributed by atoms with van der Waals surface area (Å²) < 4.78 is 28.6. The predicted molar refractivity (Wildman–Crippen MR) is 109 cm³/mol. The molecule has 1 aliphatic carbocycles. The van der Waals surface area contributed by atoms with Crippen LogP contribution in [0.25, 0.3) is 0 Å². The number of nitrogens with zero attached hydrogens (tertiary/aromatic N) is 1. The van der Waals surface area contributed by atoms with Crippen LogP contribution in [-0.4, -0.2) is 36.8 Å². The van der Waals surface area contributed by atoms with Gasteiger partial charge < -0.3 is 20.5 Å². The minimum absolute atomic E-state index is 0. The van der Waals surface area contributed by atoms with Crippen LogP contribution in [0, 0.1) is 5.92 Å². The van der Waals surface area contributed by atoms with E-state index in [0.717, 1.165) is 13.0 Å². The third-order valence-electron chi connectivity index (χ3n) is 4.16. The molecule has 3 N–H and O–H groups in total. The Labute approximate surface area is 170 Å². The SMILES string of the molecule is CCCC1CC1NC(=NCC(O)c1ccc(OC(F)F)cc1)NCC.I. The highest BCUT2D eigenvalue weighted by Crippen LogP contribution is 2.34. The minimum Gasteiger partial charge on any atom is -0.435 e. The molecule has 26 heavy (non-hydrogen) atoms. The van der Waals surface area contributed by atoms with E-state index in [1.807, 2.05) is 6.92 Å². The van der Waals surface area contributed by atoms with Gasteiger partial charge >= 0.3 is 6.61 Å². The molecule has 1 aromatic rings. The van der Waals surface area contributed by atoms with Crippen molar-refractivity contribution in [1.29, 1.82) is 0 Å². The van der Waals surface area contributed by atoms with Crippen LogP contribution in [0.3, 0.4) is 0 Å². The highest BCUT2D eigenvalue weighted by Gasteiger charge is 2.36. The van der Waals surface area contributed by atoms with E-state index in [-0.39, 0.29) is 36.3 Å². The summed E-state index contributed by atoms with van der Waals surface area (Å²) in [5, 5.41) is 16.8. The fourth-order valence-electron chi connectivity index (χ4n) is 2.76. The van der Waals surface area contributed by atoms with Crippen LogP contribution in [-0.2, 0) is 0 Å². The number of rotatable bonds is 9. The lowest BCUT2D eigenvalue weighted by atomic mass is 10.1. The van der Waals surface area contributed by atoms with Crippen molar-refractivity contribution >= 4 is 29.9 Å². The van der Waals surface area contributed by atoms with Gasteiger partial charge in [0.25, 0.3) is 0 Å². The number of nitrogens with one attached hydrogen (secondary N) is 2. The third-order valence-corrected chi connectivity index (χ3v) is 4.16. The number of hydrogen-bond donors (Lipinski definition) is 3. The van der Waals surface area contributed by atoms with Gasteiger partial charge in [-0.1, -0.05) is 25.5 Å². The second-order valence-corrected chi connectivity index (χ2v) is 6.22. The summed E-state index contributed by atoms with van der Waals surface area (Å²) in [5.74, 6) is 1.48. The van der Waals surface area contributed by atoms with Crippen molar-refractivity contribution in [3.8, 4) is 5.75 Å². The smallest absolute Gasteiger partial charge is 0.387 e. The van der Waals surface area contributed by atoms with Crippen molar-refractivity contribution in [3.05, 3.63) is 29.8 Å². The van der Waals surface area contributed by atoms with Crippen LogP contribution in [0.1, 0.15) is 44.8 Å². The molecule has 3 atom stereocenters. The summed E-state index contributed by atoms with van der Waals surface area (Å²) in [7, 11) is 0. The maximum Gasteiger partial charge on any atom is 0.387 e. The minimum atomic E-state index is -2.85. The molecule has 0 spiro atoms. The van der Waals surface area contributed by atoms with Crippen LogP contribution in [0.4, 0.5) is 8.78 Å². The number of alkyl halides is 2. The summed E-state index contributed by atoms with van der Waals surface area (Å²) in [6.07, 6.45) is 2.75. The summed E-state index contributed by atoms with van der Waals surface area (Å²) in [6, 6.07) is 6.42. The van der Waals surface area contributed by atoms with Crippen LogP contribution in [0.2, 0.25) is 0 Å². The molecule has 1 aliphatic rings. The number of guanidine groups is 1. The number of aliphatic imine (C=N–C) groups is 1. The van der Waals surface area contributed by atoms with Crippen LogP contribution >= 0.6 is 24.0 Å². The monoisotopic (exact) mass is 483 g/mol. The number of hydrogen-bond acceptors (Lipinski definition) is 3. The first-order valence-electron chi connectivity index (χ1n) is 8.81. The molecule has 0 saturated heterocycles. The normalized spacial score (nSPS) is 20.3. The van der Waals surface area contributed by atoms with E-state index in [1.54, 1.807) is 12.1 Å². The van der Waals surface area contributed by atoms with Crippen molar-refractivity contribution in [3.63, 3.8) is 0 Å². The van der Waals surface area contributed by atoms with Crippen molar-refractivity contribution in [2.45, 2.75) is 51.9 Å². The van der Waals surface area contributed by atoms with Crippen LogP contribution < -0.4 is 15.4 Å². The Hall–Kier alpha value is -1.16. The van der Waals surface area contributed by atoms with E-state index >= 15 is 0 Å². The van der Waals surface area contributed by atoms with E-state index in [9.17, 15) is 13.9 Å². The molecule has 5 nitrogen and oxygen atoms in total. The summed E-state index contributed by atoms with van der Waals surface area (Å²) in [5.41, 5.74) is 0.608. The topological polar surface area (TPSA) is 65.9 Å². The molecule has 8 heteroatoms. The van der Waals surface area contributed by atoms with Gasteiger partial charge in [-0.2, -0.15) is 8.78 Å². The second kappa shape index (κ2) is 11.5. The van der Waals surface area contributed by atoms with Crippen molar-refractivity contribution in [2.75, 3.05) is 13.1 Å². The van der Waals surface area contributed by atoms with Crippen LogP contribution in [0.5, 0.6) is 5.75 Å². The average molecular weight is 483 g/mol. The van der Waals surface area contributed by atoms with E-state index in [4.69, 9.17) is 0 Å². The zero-order chi connectivity index (χ0) is 18.2. The summed E-state index contributed by atoms with van der Waals surface area (Å²) in [6.45, 7) is 2.25. The molecule has 0 bridgehead atoms. The lowest BCUT2D eigenvalue weighted by Gasteiger charge is -2.14.